The molecule has 0 saturated heterocycles. The van der Waals surface area contributed by atoms with Gasteiger partial charge in [-0.15, -0.1) is 0 Å². The van der Waals surface area contributed by atoms with E-state index in [2.05, 4.69) is 15.8 Å². The maximum atomic E-state index is 12.6. The molecule has 5 heteroatoms. The molecule has 0 radical (unpaired) electrons. The molecular weight excluding hydrogens is 338 g/mol. The number of ketones is 1. The zero-order valence-corrected chi connectivity index (χ0v) is 14.6. The molecule has 134 valence electrons. The second-order valence-corrected chi connectivity index (χ2v) is 5.82. The number of urea groups is 1. The van der Waals surface area contributed by atoms with Crippen LogP contribution in [0, 0.1) is 0 Å². The number of hydrazone groups is 1. The highest BCUT2D eigenvalue weighted by Gasteiger charge is 2.12. The molecule has 3 aromatic carbocycles. The van der Waals surface area contributed by atoms with Gasteiger partial charge in [-0.3, -0.25) is 4.79 Å². The van der Waals surface area contributed by atoms with Gasteiger partial charge < -0.3 is 5.32 Å². The Labute approximate surface area is 157 Å². The van der Waals surface area contributed by atoms with Crippen molar-refractivity contribution >= 4 is 23.2 Å². The predicted octanol–water partition coefficient (Wildman–Crippen LogP) is 4.49. The van der Waals surface area contributed by atoms with Gasteiger partial charge in [0, 0.05) is 11.3 Å². The van der Waals surface area contributed by atoms with Gasteiger partial charge in [0.15, 0.2) is 5.78 Å². The van der Waals surface area contributed by atoms with E-state index in [0.717, 1.165) is 5.56 Å². The van der Waals surface area contributed by atoms with Gasteiger partial charge in [-0.1, -0.05) is 78.9 Å². The number of anilines is 1. The molecule has 0 spiro atoms. The van der Waals surface area contributed by atoms with E-state index in [9.17, 15) is 9.59 Å². The van der Waals surface area contributed by atoms with Crippen molar-refractivity contribution in [1.82, 2.24) is 5.43 Å². The highest BCUT2D eigenvalue weighted by atomic mass is 16.2. The van der Waals surface area contributed by atoms with Crippen LogP contribution in [0.25, 0.3) is 0 Å². The molecule has 0 unspecified atom stereocenters. The van der Waals surface area contributed by atoms with E-state index < -0.39 is 6.03 Å². The average Bonchev–Trinajstić information content (AvgIpc) is 2.73. The zero-order chi connectivity index (χ0) is 18.9. The molecule has 3 aromatic rings. The molecule has 0 aliphatic carbocycles. The molecule has 0 aromatic heterocycles. The lowest BCUT2D eigenvalue weighted by molar-refractivity contribution is 0.100. The Kier molecular flexibility index (Phi) is 6.09. The molecule has 0 aliphatic rings. The summed E-state index contributed by atoms with van der Waals surface area (Å²) in [7, 11) is 0. The fourth-order valence-electron chi connectivity index (χ4n) is 2.51. The van der Waals surface area contributed by atoms with E-state index in [0.29, 0.717) is 17.0 Å². The number of rotatable bonds is 6. The summed E-state index contributed by atoms with van der Waals surface area (Å²) in [6.45, 7) is 0. The number of hydrogen-bond donors (Lipinski definition) is 2. The molecule has 27 heavy (non-hydrogen) atoms. The van der Waals surface area contributed by atoms with Crippen molar-refractivity contribution in [2.24, 2.45) is 5.10 Å². The van der Waals surface area contributed by atoms with Gasteiger partial charge in [0.05, 0.1) is 12.1 Å². The van der Waals surface area contributed by atoms with Crippen molar-refractivity contribution in [3.8, 4) is 0 Å². The Balaban J connectivity index is 1.74. The normalized spacial score (nSPS) is 10.9. The summed E-state index contributed by atoms with van der Waals surface area (Å²) in [5.74, 6) is -0.0662. The van der Waals surface area contributed by atoms with Crippen LogP contribution in [-0.2, 0) is 0 Å². The summed E-state index contributed by atoms with van der Waals surface area (Å²) in [6, 6.07) is 26.9. The number of carbonyl (C=O) groups is 2. The van der Waals surface area contributed by atoms with Crippen LogP contribution in [0.15, 0.2) is 96.1 Å². The van der Waals surface area contributed by atoms with Crippen LogP contribution >= 0.6 is 0 Å². The second kappa shape index (κ2) is 9.10. The molecule has 0 heterocycles. The third-order valence-electron chi connectivity index (χ3n) is 3.85. The Bertz CT molecular complexity index is 924. The molecule has 0 saturated carbocycles. The van der Waals surface area contributed by atoms with E-state index in [1.807, 2.05) is 66.7 Å². The van der Waals surface area contributed by atoms with E-state index in [4.69, 9.17) is 0 Å². The summed E-state index contributed by atoms with van der Waals surface area (Å²) in [4.78, 5) is 24.6. The highest BCUT2D eigenvalue weighted by Crippen LogP contribution is 2.10. The Hall–Kier alpha value is -3.73. The number of benzene rings is 3. The van der Waals surface area contributed by atoms with Gasteiger partial charge >= 0.3 is 6.03 Å². The molecule has 0 aliphatic heterocycles. The van der Waals surface area contributed by atoms with Crippen LogP contribution in [0.2, 0.25) is 0 Å². The van der Waals surface area contributed by atoms with Crippen LogP contribution in [-0.4, -0.2) is 17.5 Å². The van der Waals surface area contributed by atoms with Gasteiger partial charge in [-0.2, -0.15) is 5.10 Å². The fourth-order valence-corrected chi connectivity index (χ4v) is 2.51. The van der Waals surface area contributed by atoms with Crippen molar-refractivity contribution in [1.29, 1.82) is 0 Å². The third-order valence-corrected chi connectivity index (χ3v) is 3.85. The van der Waals surface area contributed by atoms with Crippen LogP contribution in [0.3, 0.4) is 0 Å². The van der Waals surface area contributed by atoms with Crippen LogP contribution in [0.5, 0.6) is 0 Å². The number of amides is 2. The second-order valence-electron chi connectivity index (χ2n) is 5.82. The number of hydrogen-bond acceptors (Lipinski definition) is 3. The van der Waals surface area contributed by atoms with Crippen molar-refractivity contribution in [2.45, 2.75) is 6.42 Å². The Morgan fingerprint density at radius 1 is 0.704 bits per heavy atom. The first-order valence-electron chi connectivity index (χ1n) is 8.54. The Morgan fingerprint density at radius 2 is 1.22 bits per heavy atom. The zero-order valence-electron chi connectivity index (χ0n) is 14.6. The third kappa shape index (κ3) is 5.37. The first-order chi connectivity index (χ1) is 13.2. The lowest BCUT2D eigenvalue weighted by atomic mass is 10.0. The summed E-state index contributed by atoms with van der Waals surface area (Å²) in [5, 5.41) is 6.88. The molecule has 0 fully saturated rings. The summed E-state index contributed by atoms with van der Waals surface area (Å²) >= 11 is 0. The van der Waals surface area contributed by atoms with Crippen LogP contribution in [0.4, 0.5) is 10.5 Å². The molecule has 2 N–H and O–H groups in total. The SMILES string of the molecule is O=C(N/N=C(\CC(=O)c1ccccc1)c1ccccc1)Nc1ccccc1. The smallest absolute Gasteiger partial charge is 0.307 e. The first-order valence-corrected chi connectivity index (χ1v) is 8.54. The maximum absolute atomic E-state index is 12.6. The molecule has 3 rings (SSSR count). The van der Waals surface area contributed by atoms with Gasteiger partial charge in [0.2, 0.25) is 0 Å². The molecular formula is C22H19N3O2. The molecule has 5 nitrogen and oxygen atoms in total. The minimum absolute atomic E-state index is 0.0662. The summed E-state index contributed by atoms with van der Waals surface area (Å²) in [5.41, 5.74) is 5.01. The summed E-state index contributed by atoms with van der Waals surface area (Å²) < 4.78 is 0. The van der Waals surface area contributed by atoms with Crippen LogP contribution < -0.4 is 10.7 Å². The largest absolute Gasteiger partial charge is 0.339 e. The van der Waals surface area contributed by atoms with Gasteiger partial charge in [0.25, 0.3) is 0 Å². The fraction of sp³-hybridized carbons (Fsp3) is 0.0455. The monoisotopic (exact) mass is 357 g/mol. The number of nitrogens with one attached hydrogen (secondary N) is 2. The Morgan fingerprint density at radius 3 is 1.81 bits per heavy atom. The van der Waals surface area contributed by atoms with Crippen molar-refractivity contribution in [3.63, 3.8) is 0 Å². The van der Waals surface area contributed by atoms with Crippen molar-refractivity contribution in [2.75, 3.05) is 5.32 Å². The number of para-hydroxylation sites is 1. The predicted molar refractivity (Wildman–Crippen MR) is 107 cm³/mol. The maximum Gasteiger partial charge on any atom is 0.339 e. The number of carbonyl (C=O) groups excluding carboxylic acids is 2. The molecule has 0 atom stereocenters. The number of Topliss-reactive ketones (excluding diaryl/α,β-unsaturated/α-hetero) is 1. The highest BCUT2D eigenvalue weighted by molar-refractivity contribution is 6.16. The lowest BCUT2D eigenvalue weighted by Crippen LogP contribution is -2.26. The molecule has 2 amide bonds. The van der Waals surface area contributed by atoms with Crippen molar-refractivity contribution in [3.05, 3.63) is 102 Å². The van der Waals surface area contributed by atoms with E-state index in [1.54, 1.807) is 24.3 Å². The lowest BCUT2D eigenvalue weighted by Gasteiger charge is -2.08. The van der Waals surface area contributed by atoms with Gasteiger partial charge in [-0.25, -0.2) is 10.2 Å². The topological polar surface area (TPSA) is 70.6 Å². The van der Waals surface area contributed by atoms with E-state index >= 15 is 0 Å². The number of nitrogens with zero attached hydrogens (tertiary/aromatic N) is 1. The van der Waals surface area contributed by atoms with Gasteiger partial charge in [0.1, 0.15) is 0 Å². The van der Waals surface area contributed by atoms with Crippen LogP contribution in [0.1, 0.15) is 22.3 Å². The standard InChI is InChI=1S/C22H19N3O2/c26-21(18-12-6-2-7-13-18)16-20(17-10-4-1-5-11-17)24-25-22(27)23-19-14-8-3-9-15-19/h1-15H,16H2,(H2,23,25,27)/b24-20+. The minimum atomic E-state index is -0.471. The van der Waals surface area contributed by atoms with Crippen molar-refractivity contribution < 1.29 is 9.59 Å². The molecule has 0 bridgehead atoms. The quantitative estimate of drug-likeness (QED) is 0.388. The van der Waals surface area contributed by atoms with E-state index in [1.165, 1.54) is 0 Å². The minimum Gasteiger partial charge on any atom is -0.307 e. The van der Waals surface area contributed by atoms with E-state index in [-0.39, 0.29) is 12.2 Å². The average molecular weight is 357 g/mol. The summed E-state index contributed by atoms with van der Waals surface area (Å²) in [6.07, 6.45) is 0.0830. The van der Waals surface area contributed by atoms with Gasteiger partial charge in [-0.05, 0) is 17.7 Å². The first kappa shape index (κ1) is 18.1.